The fourth-order valence-corrected chi connectivity index (χ4v) is 2.34. The van der Waals surface area contributed by atoms with E-state index in [0.717, 1.165) is 25.3 Å². The Morgan fingerprint density at radius 1 is 1.26 bits per heavy atom. The SMILES string of the molecule is CCCn1ncnc1[C@H](C)NC(=O)Nc1ccnn1CC(C)C. The molecular formula is C15H25N7O. The molecule has 0 aliphatic carbocycles. The van der Waals surface area contributed by atoms with Gasteiger partial charge in [0.2, 0.25) is 0 Å². The molecule has 0 saturated heterocycles. The van der Waals surface area contributed by atoms with Crippen molar-refractivity contribution in [2.24, 2.45) is 5.92 Å². The van der Waals surface area contributed by atoms with Crippen LogP contribution < -0.4 is 10.6 Å². The van der Waals surface area contributed by atoms with Crippen molar-refractivity contribution >= 4 is 11.8 Å². The monoisotopic (exact) mass is 319 g/mol. The summed E-state index contributed by atoms with van der Waals surface area (Å²) in [6.45, 7) is 9.71. The van der Waals surface area contributed by atoms with E-state index in [2.05, 4.69) is 46.6 Å². The number of aromatic nitrogens is 5. The average molecular weight is 319 g/mol. The third-order valence-electron chi connectivity index (χ3n) is 3.31. The molecule has 0 fully saturated rings. The van der Waals surface area contributed by atoms with Gasteiger partial charge in [-0.3, -0.25) is 5.32 Å². The zero-order valence-corrected chi connectivity index (χ0v) is 14.2. The molecule has 8 nitrogen and oxygen atoms in total. The summed E-state index contributed by atoms with van der Waals surface area (Å²) < 4.78 is 3.60. The van der Waals surface area contributed by atoms with E-state index in [1.807, 2.05) is 11.6 Å². The van der Waals surface area contributed by atoms with E-state index in [-0.39, 0.29) is 12.1 Å². The van der Waals surface area contributed by atoms with Crippen LogP contribution in [0.4, 0.5) is 10.6 Å². The molecule has 2 heterocycles. The Morgan fingerprint density at radius 3 is 2.74 bits per heavy atom. The number of nitrogens with zero attached hydrogens (tertiary/aromatic N) is 5. The molecule has 2 N–H and O–H groups in total. The molecule has 2 aromatic rings. The minimum atomic E-state index is -0.283. The van der Waals surface area contributed by atoms with Gasteiger partial charge >= 0.3 is 6.03 Å². The summed E-state index contributed by atoms with van der Waals surface area (Å²) in [6.07, 6.45) is 4.15. The van der Waals surface area contributed by atoms with Gasteiger partial charge in [-0.1, -0.05) is 20.8 Å². The third-order valence-corrected chi connectivity index (χ3v) is 3.31. The molecular weight excluding hydrogens is 294 g/mol. The molecule has 0 spiro atoms. The molecule has 0 aliphatic heterocycles. The van der Waals surface area contributed by atoms with Crippen LogP contribution in [-0.4, -0.2) is 30.6 Å². The Bertz CT molecular complexity index is 631. The summed E-state index contributed by atoms with van der Waals surface area (Å²) in [5, 5.41) is 14.1. The molecule has 2 rings (SSSR count). The molecule has 8 heteroatoms. The molecule has 126 valence electrons. The van der Waals surface area contributed by atoms with Crippen LogP contribution in [0, 0.1) is 5.92 Å². The number of carbonyl (C=O) groups excluding carboxylic acids is 1. The third kappa shape index (κ3) is 4.54. The molecule has 0 aromatic carbocycles. The number of hydrogen-bond acceptors (Lipinski definition) is 4. The highest BCUT2D eigenvalue weighted by atomic mass is 16.2. The summed E-state index contributed by atoms with van der Waals surface area (Å²) >= 11 is 0. The van der Waals surface area contributed by atoms with Gasteiger partial charge in [0.1, 0.15) is 18.0 Å². The highest BCUT2D eigenvalue weighted by molar-refractivity contribution is 5.88. The first-order valence-corrected chi connectivity index (χ1v) is 7.98. The Morgan fingerprint density at radius 2 is 2.04 bits per heavy atom. The van der Waals surface area contributed by atoms with Gasteiger partial charge < -0.3 is 5.32 Å². The quantitative estimate of drug-likeness (QED) is 0.820. The highest BCUT2D eigenvalue weighted by Gasteiger charge is 2.16. The van der Waals surface area contributed by atoms with Crippen LogP contribution in [0.1, 0.15) is 46.0 Å². The van der Waals surface area contributed by atoms with E-state index in [0.29, 0.717) is 11.7 Å². The number of urea groups is 1. The fraction of sp³-hybridized carbons (Fsp3) is 0.600. The number of carbonyl (C=O) groups is 1. The Kier molecular flexibility index (Phi) is 5.72. The summed E-state index contributed by atoms with van der Waals surface area (Å²) in [6, 6.07) is 1.27. The van der Waals surface area contributed by atoms with Crippen LogP contribution in [0.5, 0.6) is 0 Å². The number of rotatable bonds is 7. The van der Waals surface area contributed by atoms with Gasteiger partial charge in [-0.05, 0) is 19.3 Å². The van der Waals surface area contributed by atoms with Crippen molar-refractivity contribution in [1.29, 1.82) is 0 Å². The lowest BCUT2D eigenvalue weighted by Gasteiger charge is -2.16. The number of amides is 2. The van der Waals surface area contributed by atoms with Crippen LogP contribution in [0.3, 0.4) is 0 Å². The fourth-order valence-electron chi connectivity index (χ4n) is 2.34. The molecule has 2 aromatic heterocycles. The van der Waals surface area contributed by atoms with Crippen LogP contribution >= 0.6 is 0 Å². The first-order valence-electron chi connectivity index (χ1n) is 7.98. The van der Waals surface area contributed by atoms with Gasteiger partial charge in [-0.2, -0.15) is 10.2 Å². The van der Waals surface area contributed by atoms with E-state index in [1.165, 1.54) is 6.33 Å². The average Bonchev–Trinajstić information content (AvgIpc) is 3.09. The molecule has 23 heavy (non-hydrogen) atoms. The van der Waals surface area contributed by atoms with E-state index in [9.17, 15) is 4.79 Å². The Labute approximate surface area is 136 Å². The standard InChI is InChI=1S/C15H25N7O/c1-5-8-21-14(16-10-18-21)12(4)19-15(23)20-13-6-7-17-22(13)9-11(2)3/h6-7,10-12H,5,8-9H2,1-4H3,(H2,19,20,23)/t12-/m0/s1. The van der Waals surface area contributed by atoms with E-state index < -0.39 is 0 Å². The molecule has 0 aliphatic rings. The van der Waals surface area contributed by atoms with Crippen molar-refractivity contribution in [3.8, 4) is 0 Å². The van der Waals surface area contributed by atoms with Crippen molar-refractivity contribution in [3.63, 3.8) is 0 Å². The number of anilines is 1. The van der Waals surface area contributed by atoms with Crippen LogP contribution in [0.25, 0.3) is 0 Å². The molecule has 0 radical (unpaired) electrons. The van der Waals surface area contributed by atoms with Gasteiger partial charge in [0, 0.05) is 19.2 Å². The van der Waals surface area contributed by atoms with Gasteiger partial charge in [0.05, 0.1) is 12.2 Å². The second kappa shape index (κ2) is 7.75. The number of nitrogens with one attached hydrogen (secondary N) is 2. The predicted molar refractivity (Wildman–Crippen MR) is 87.9 cm³/mol. The first kappa shape index (κ1) is 17.0. The van der Waals surface area contributed by atoms with Crippen molar-refractivity contribution < 1.29 is 4.79 Å². The molecule has 1 atom stereocenters. The number of aryl methyl sites for hydroxylation is 1. The van der Waals surface area contributed by atoms with E-state index in [1.54, 1.807) is 16.9 Å². The zero-order chi connectivity index (χ0) is 16.8. The van der Waals surface area contributed by atoms with Crippen molar-refractivity contribution in [2.45, 2.75) is 53.2 Å². The van der Waals surface area contributed by atoms with E-state index >= 15 is 0 Å². The van der Waals surface area contributed by atoms with Gasteiger partial charge in [0.15, 0.2) is 0 Å². The van der Waals surface area contributed by atoms with Crippen LogP contribution in [0.15, 0.2) is 18.6 Å². The minimum absolute atomic E-state index is 0.231. The number of hydrogen-bond donors (Lipinski definition) is 2. The lowest BCUT2D eigenvalue weighted by atomic mass is 10.2. The molecule has 0 unspecified atom stereocenters. The maximum atomic E-state index is 12.2. The zero-order valence-electron chi connectivity index (χ0n) is 14.2. The Hall–Kier alpha value is -2.38. The second-order valence-electron chi connectivity index (χ2n) is 5.95. The minimum Gasteiger partial charge on any atom is -0.328 e. The topological polar surface area (TPSA) is 89.7 Å². The maximum absolute atomic E-state index is 12.2. The second-order valence-corrected chi connectivity index (χ2v) is 5.95. The summed E-state index contributed by atoms with van der Waals surface area (Å²) in [7, 11) is 0. The van der Waals surface area contributed by atoms with Crippen molar-refractivity contribution in [2.75, 3.05) is 5.32 Å². The van der Waals surface area contributed by atoms with Crippen LogP contribution in [-0.2, 0) is 13.1 Å². The largest absolute Gasteiger partial charge is 0.328 e. The molecule has 0 saturated carbocycles. The maximum Gasteiger partial charge on any atom is 0.320 e. The lowest BCUT2D eigenvalue weighted by Crippen LogP contribution is -2.33. The highest BCUT2D eigenvalue weighted by Crippen LogP contribution is 2.12. The van der Waals surface area contributed by atoms with Crippen LogP contribution in [0.2, 0.25) is 0 Å². The van der Waals surface area contributed by atoms with Gasteiger partial charge in [-0.15, -0.1) is 0 Å². The van der Waals surface area contributed by atoms with Gasteiger partial charge in [0.25, 0.3) is 0 Å². The smallest absolute Gasteiger partial charge is 0.320 e. The van der Waals surface area contributed by atoms with Gasteiger partial charge in [-0.25, -0.2) is 19.1 Å². The van der Waals surface area contributed by atoms with E-state index in [4.69, 9.17) is 0 Å². The van der Waals surface area contributed by atoms with Crippen molar-refractivity contribution in [1.82, 2.24) is 29.9 Å². The Balaban J connectivity index is 1.96. The predicted octanol–water partition coefficient (Wildman–Crippen LogP) is 2.42. The lowest BCUT2D eigenvalue weighted by molar-refractivity contribution is 0.248. The summed E-state index contributed by atoms with van der Waals surface area (Å²) in [4.78, 5) is 16.4. The normalized spacial score (nSPS) is 12.4. The van der Waals surface area contributed by atoms with Crippen molar-refractivity contribution in [3.05, 3.63) is 24.4 Å². The summed E-state index contributed by atoms with van der Waals surface area (Å²) in [5.41, 5.74) is 0. The summed E-state index contributed by atoms with van der Waals surface area (Å²) in [5.74, 6) is 1.88. The molecule has 0 bridgehead atoms. The molecule has 2 amide bonds. The first-order chi connectivity index (χ1) is 11.0.